The van der Waals surface area contributed by atoms with Crippen molar-refractivity contribution < 1.29 is 33.3 Å². The molecule has 1 saturated carbocycles. The lowest BCUT2D eigenvalue weighted by molar-refractivity contribution is -0.121. The molecule has 1 spiro atoms. The summed E-state index contributed by atoms with van der Waals surface area (Å²) < 4.78 is 24.2. The fourth-order valence-electron chi connectivity index (χ4n) is 8.16. The zero-order valence-corrected chi connectivity index (χ0v) is 30.4. The average molecular weight is 693 g/mol. The number of hydrogen-bond acceptors (Lipinski definition) is 8. The van der Waals surface area contributed by atoms with E-state index in [9.17, 15) is 14.4 Å². The summed E-state index contributed by atoms with van der Waals surface area (Å²) in [5.74, 6) is 1.15. The first-order chi connectivity index (χ1) is 23.1. The van der Waals surface area contributed by atoms with Crippen molar-refractivity contribution in [2.75, 3.05) is 32.6 Å². The Morgan fingerprint density at radius 1 is 1.02 bits per heavy atom. The molecule has 0 aromatic rings. The van der Waals surface area contributed by atoms with Crippen molar-refractivity contribution in [1.29, 1.82) is 0 Å². The number of fused-ring (bicyclic) bond motifs is 1. The summed E-state index contributed by atoms with van der Waals surface area (Å²) in [6, 6.07) is 0.460. The highest BCUT2D eigenvalue weighted by Crippen LogP contribution is 2.59. The van der Waals surface area contributed by atoms with E-state index in [-0.39, 0.29) is 65.5 Å². The molecule has 4 heterocycles. The number of nitrogens with one attached hydrogen (secondary N) is 4. The number of urea groups is 1. The van der Waals surface area contributed by atoms with Crippen molar-refractivity contribution in [1.82, 2.24) is 21.3 Å². The first-order valence-electron chi connectivity index (χ1n) is 18.5. The Balaban J connectivity index is 0.848. The van der Waals surface area contributed by atoms with Crippen LogP contribution in [0.25, 0.3) is 0 Å². The number of carbonyl (C=O) groups is 3. The topological polar surface area (TPSA) is 143 Å². The number of unbranched alkanes of at least 4 members (excludes halogenated alkanes) is 7. The highest BCUT2D eigenvalue weighted by molar-refractivity contribution is 8.00. The van der Waals surface area contributed by atoms with E-state index in [0.717, 1.165) is 95.8 Å². The Bertz CT molecular complexity index is 1130. The van der Waals surface area contributed by atoms with Crippen LogP contribution < -0.4 is 21.3 Å². The van der Waals surface area contributed by atoms with E-state index >= 15 is 0 Å². The molecule has 0 radical (unpaired) electrons. The number of methoxy groups -OCH3 is 1. The second-order valence-corrected chi connectivity index (χ2v) is 16.2. The Morgan fingerprint density at radius 2 is 1.73 bits per heavy atom. The van der Waals surface area contributed by atoms with Crippen LogP contribution in [0.15, 0.2) is 11.6 Å². The first-order valence-corrected chi connectivity index (χ1v) is 19.6. The smallest absolute Gasteiger partial charge is 0.407 e. The van der Waals surface area contributed by atoms with Gasteiger partial charge in [0.25, 0.3) is 0 Å². The SMILES string of the molecule is CO[C@@H]1[C@H](OC(=O)NCCCCCCCCCNC(=O)CCCC[C@@H]2SC[C@@H]3NC(=O)N[C@@H]32)CCC2(CO2)[C@H]1C1(C)OC1CC=C(C)C. The van der Waals surface area contributed by atoms with Crippen molar-refractivity contribution in [3.05, 3.63) is 11.6 Å². The molecule has 4 saturated heterocycles. The number of thioether (sulfide) groups is 1. The van der Waals surface area contributed by atoms with E-state index in [1.165, 1.54) is 5.57 Å². The van der Waals surface area contributed by atoms with Crippen LogP contribution >= 0.6 is 11.8 Å². The number of ether oxygens (including phenoxy) is 4. The van der Waals surface area contributed by atoms with Gasteiger partial charge >= 0.3 is 12.1 Å². The van der Waals surface area contributed by atoms with E-state index in [1.54, 1.807) is 7.11 Å². The lowest BCUT2D eigenvalue weighted by Crippen LogP contribution is -2.56. The molecule has 0 bridgehead atoms. The van der Waals surface area contributed by atoms with Crippen LogP contribution in [0, 0.1) is 5.92 Å². The number of epoxide rings is 2. The molecule has 5 fully saturated rings. The molecule has 9 atom stereocenters. The number of rotatable bonds is 20. The molecule has 1 aliphatic carbocycles. The number of amides is 4. The van der Waals surface area contributed by atoms with Crippen LogP contribution in [0.2, 0.25) is 0 Å². The molecule has 11 nitrogen and oxygen atoms in total. The maximum atomic E-state index is 12.7. The molecule has 3 unspecified atom stereocenters. The lowest BCUT2D eigenvalue weighted by Gasteiger charge is -2.42. The Hall–Kier alpha value is -2.02. The molecule has 5 rings (SSSR count). The highest BCUT2D eigenvalue weighted by Gasteiger charge is 2.72. The van der Waals surface area contributed by atoms with Crippen molar-refractivity contribution >= 4 is 29.8 Å². The summed E-state index contributed by atoms with van der Waals surface area (Å²) in [5, 5.41) is 12.5. The van der Waals surface area contributed by atoms with Gasteiger partial charge in [-0.1, -0.05) is 50.2 Å². The summed E-state index contributed by atoms with van der Waals surface area (Å²) in [6.45, 7) is 8.42. The van der Waals surface area contributed by atoms with Crippen molar-refractivity contribution in [3.63, 3.8) is 0 Å². The molecular formula is C36H60N4O7S. The van der Waals surface area contributed by atoms with Gasteiger partial charge in [-0.05, 0) is 65.7 Å². The first kappa shape index (κ1) is 37.2. The van der Waals surface area contributed by atoms with Gasteiger partial charge in [0, 0.05) is 37.6 Å². The van der Waals surface area contributed by atoms with E-state index in [0.29, 0.717) is 24.8 Å². The summed E-state index contributed by atoms with van der Waals surface area (Å²) in [4.78, 5) is 36.4. The van der Waals surface area contributed by atoms with Crippen LogP contribution in [0.4, 0.5) is 9.59 Å². The second kappa shape index (κ2) is 17.3. The third kappa shape index (κ3) is 9.82. The summed E-state index contributed by atoms with van der Waals surface area (Å²) in [7, 11) is 1.70. The standard InChI is InChI=1S/C36H60N4O7S/c1-24(2)16-17-28-35(3,47-28)32-31(44-4)26(18-19-36(32)23-45-36)46-34(43)38-21-13-9-7-5-6-8-12-20-37-29(41)15-11-10-14-27-30-25(22-48-27)39-33(42)40-30/h16,25-28,30-32H,5-15,17-23H2,1-4H3,(H,37,41)(H,38,43)(H2,39,40,42)/t25-,26+,27-,28?,30-,31+,32+,35?,36?/m0/s1. The maximum absolute atomic E-state index is 12.7. The average Bonchev–Trinajstić information content (AvgIpc) is 3.88. The van der Waals surface area contributed by atoms with Crippen molar-refractivity contribution in [3.8, 4) is 0 Å². The van der Waals surface area contributed by atoms with Crippen LogP contribution in [0.3, 0.4) is 0 Å². The van der Waals surface area contributed by atoms with Gasteiger partial charge in [0.05, 0.1) is 30.7 Å². The molecule has 48 heavy (non-hydrogen) atoms. The minimum absolute atomic E-state index is 0.0236. The van der Waals surface area contributed by atoms with Gasteiger partial charge in [0.2, 0.25) is 5.91 Å². The summed E-state index contributed by atoms with van der Waals surface area (Å²) in [5.41, 5.74) is 0.712. The van der Waals surface area contributed by atoms with E-state index < -0.39 is 0 Å². The highest BCUT2D eigenvalue weighted by atomic mass is 32.2. The normalized spacial score (nSPS) is 34.6. The molecule has 5 aliphatic rings. The third-order valence-corrected chi connectivity index (χ3v) is 12.5. The number of alkyl carbamates (subject to hydrolysis) is 1. The number of hydrogen-bond donors (Lipinski definition) is 4. The van der Waals surface area contributed by atoms with E-state index in [2.05, 4.69) is 48.1 Å². The monoisotopic (exact) mass is 692 g/mol. The quantitative estimate of drug-likeness (QED) is 0.0578. The number of carbonyl (C=O) groups excluding carboxylic acids is 3. The van der Waals surface area contributed by atoms with Crippen LogP contribution in [0.1, 0.15) is 111 Å². The Kier molecular flexibility index (Phi) is 13.4. The zero-order chi connectivity index (χ0) is 34.1. The van der Waals surface area contributed by atoms with E-state index in [4.69, 9.17) is 18.9 Å². The molecule has 0 aromatic carbocycles. The molecule has 272 valence electrons. The second-order valence-electron chi connectivity index (χ2n) is 14.9. The van der Waals surface area contributed by atoms with Gasteiger partial charge in [-0.3, -0.25) is 4.79 Å². The third-order valence-electron chi connectivity index (χ3n) is 11.0. The van der Waals surface area contributed by atoms with Crippen molar-refractivity contribution in [2.24, 2.45) is 5.92 Å². The predicted molar refractivity (Wildman–Crippen MR) is 187 cm³/mol. The fraction of sp³-hybridized carbons (Fsp3) is 0.861. The fourth-order valence-corrected chi connectivity index (χ4v) is 9.71. The van der Waals surface area contributed by atoms with Gasteiger partial charge in [0.15, 0.2) is 0 Å². The molecule has 4 N–H and O–H groups in total. The molecule has 4 amide bonds. The van der Waals surface area contributed by atoms with Crippen LogP contribution in [-0.4, -0.2) is 97.4 Å². The van der Waals surface area contributed by atoms with Gasteiger partial charge in [-0.25, -0.2) is 9.59 Å². The van der Waals surface area contributed by atoms with Crippen LogP contribution in [0.5, 0.6) is 0 Å². The van der Waals surface area contributed by atoms with Gasteiger partial charge in [-0.2, -0.15) is 11.8 Å². The van der Waals surface area contributed by atoms with Gasteiger partial charge < -0.3 is 40.2 Å². The van der Waals surface area contributed by atoms with Gasteiger partial charge in [-0.15, -0.1) is 0 Å². The lowest BCUT2D eigenvalue weighted by atomic mass is 9.68. The van der Waals surface area contributed by atoms with Gasteiger partial charge in [0.1, 0.15) is 23.4 Å². The zero-order valence-electron chi connectivity index (χ0n) is 29.6. The maximum Gasteiger partial charge on any atom is 0.407 e. The van der Waals surface area contributed by atoms with E-state index in [1.807, 2.05) is 11.8 Å². The molecular weight excluding hydrogens is 632 g/mol. The summed E-state index contributed by atoms with van der Waals surface area (Å²) >= 11 is 1.93. The molecule has 12 heteroatoms. The molecule has 0 aromatic heterocycles. The number of allylic oxidation sites excluding steroid dienone is 1. The minimum atomic E-state index is -0.374. The van der Waals surface area contributed by atoms with Crippen molar-refractivity contribution in [2.45, 2.75) is 158 Å². The predicted octanol–water partition coefficient (Wildman–Crippen LogP) is 5.36. The largest absolute Gasteiger partial charge is 0.443 e. The Labute approximate surface area is 291 Å². The molecule has 4 aliphatic heterocycles. The minimum Gasteiger partial charge on any atom is -0.443 e. The van der Waals surface area contributed by atoms with Crippen LogP contribution in [-0.2, 0) is 23.7 Å². The summed E-state index contributed by atoms with van der Waals surface area (Å²) in [6.07, 6.45) is 14.9. The Morgan fingerprint density at radius 3 is 2.42 bits per heavy atom.